The minimum atomic E-state index is -0.842. The van der Waals surface area contributed by atoms with Crippen LogP contribution < -0.4 is 20.1 Å². The van der Waals surface area contributed by atoms with Crippen LogP contribution in [0.4, 0.5) is 9.59 Å². The van der Waals surface area contributed by atoms with E-state index in [4.69, 9.17) is 18.9 Å². The average Bonchev–Trinajstić information content (AvgIpc) is 2.65. The van der Waals surface area contributed by atoms with Gasteiger partial charge in [0, 0.05) is 0 Å². The predicted octanol–water partition coefficient (Wildman–Crippen LogP) is 3.76. The monoisotopic (exact) mass is 382 g/mol. The highest BCUT2D eigenvalue weighted by Crippen LogP contribution is 2.30. The topological polar surface area (TPSA) is 95.1 Å². The zero-order valence-corrected chi connectivity index (χ0v) is 16.5. The quantitative estimate of drug-likeness (QED) is 0.447. The third-order valence-corrected chi connectivity index (χ3v) is 3.60. The van der Waals surface area contributed by atoms with Gasteiger partial charge in [-0.05, 0) is 38.0 Å². The molecule has 0 fully saturated rings. The van der Waals surface area contributed by atoms with E-state index in [1.165, 1.54) is 7.11 Å². The summed E-state index contributed by atoms with van der Waals surface area (Å²) in [5.41, 5.74) is 0.592. The lowest BCUT2D eigenvalue weighted by Crippen LogP contribution is -2.41. The lowest BCUT2D eigenvalue weighted by Gasteiger charge is -2.21. The van der Waals surface area contributed by atoms with Gasteiger partial charge in [-0.2, -0.15) is 0 Å². The first kappa shape index (κ1) is 22.4. The molecule has 8 heteroatoms. The normalized spacial score (nSPS) is 10.3. The van der Waals surface area contributed by atoms with Crippen LogP contribution in [0.15, 0.2) is 18.2 Å². The Hall–Kier alpha value is -2.64. The summed E-state index contributed by atoms with van der Waals surface area (Å²) in [6, 6.07) is 5.17. The van der Waals surface area contributed by atoms with Crippen LogP contribution >= 0.6 is 0 Å². The maximum atomic E-state index is 11.8. The standard InChI is InChI=1S/C19H30N2O6/c1-5-8-9-12-27-15-11-10-14(13-16(15)24-4)17(20-18(22)25-6-2)21-19(23)26-7-3/h10-11,13,17H,5-9,12H2,1-4H3,(H,20,22)(H,21,23). The Morgan fingerprint density at radius 2 is 1.59 bits per heavy atom. The Morgan fingerprint density at radius 3 is 2.11 bits per heavy atom. The summed E-state index contributed by atoms with van der Waals surface area (Å²) in [5, 5.41) is 5.17. The van der Waals surface area contributed by atoms with Crippen molar-refractivity contribution < 1.29 is 28.5 Å². The molecule has 0 aliphatic heterocycles. The number of carbonyl (C=O) groups is 2. The fourth-order valence-electron chi connectivity index (χ4n) is 2.30. The number of carbonyl (C=O) groups excluding carboxylic acids is 2. The van der Waals surface area contributed by atoms with Crippen LogP contribution in [0.5, 0.6) is 11.5 Å². The smallest absolute Gasteiger partial charge is 0.409 e. The molecule has 0 atom stereocenters. The van der Waals surface area contributed by atoms with Gasteiger partial charge in [-0.15, -0.1) is 0 Å². The highest BCUT2D eigenvalue weighted by atomic mass is 16.6. The molecule has 0 aromatic heterocycles. The Balaban J connectivity index is 2.94. The minimum absolute atomic E-state index is 0.214. The number of hydrogen-bond acceptors (Lipinski definition) is 6. The molecular weight excluding hydrogens is 352 g/mol. The van der Waals surface area contributed by atoms with Gasteiger partial charge < -0.3 is 18.9 Å². The summed E-state index contributed by atoms with van der Waals surface area (Å²) < 4.78 is 20.9. The summed E-state index contributed by atoms with van der Waals surface area (Å²) in [5.74, 6) is 1.11. The van der Waals surface area contributed by atoms with Crippen molar-refractivity contribution in [3.8, 4) is 11.5 Å². The molecule has 152 valence electrons. The van der Waals surface area contributed by atoms with Crippen LogP contribution in [-0.4, -0.2) is 39.1 Å². The molecule has 0 bridgehead atoms. The molecule has 8 nitrogen and oxygen atoms in total. The van der Waals surface area contributed by atoms with Crippen molar-refractivity contribution in [3.63, 3.8) is 0 Å². The fourth-order valence-corrected chi connectivity index (χ4v) is 2.30. The van der Waals surface area contributed by atoms with Gasteiger partial charge in [0.1, 0.15) is 6.17 Å². The SMILES string of the molecule is CCCCCOc1ccc(C(NC(=O)OCC)NC(=O)OCC)cc1OC. The molecule has 1 aromatic rings. The summed E-state index contributed by atoms with van der Waals surface area (Å²) in [6.07, 6.45) is 1.01. The highest BCUT2D eigenvalue weighted by molar-refractivity contribution is 5.71. The Bertz CT molecular complexity index is 574. The number of benzene rings is 1. The average molecular weight is 382 g/mol. The van der Waals surface area contributed by atoms with Gasteiger partial charge in [-0.3, -0.25) is 10.6 Å². The van der Waals surface area contributed by atoms with E-state index in [1.807, 2.05) is 0 Å². The number of amides is 2. The summed E-state index contributed by atoms with van der Waals surface area (Å²) in [4.78, 5) is 23.6. The zero-order valence-electron chi connectivity index (χ0n) is 16.5. The number of unbranched alkanes of at least 4 members (excludes halogenated alkanes) is 2. The molecule has 0 unspecified atom stereocenters. The number of nitrogens with one attached hydrogen (secondary N) is 2. The largest absolute Gasteiger partial charge is 0.493 e. The molecule has 0 aliphatic rings. The molecule has 1 rings (SSSR count). The van der Waals surface area contributed by atoms with Crippen molar-refractivity contribution in [3.05, 3.63) is 23.8 Å². The lowest BCUT2D eigenvalue weighted by atomic mass is 10.1. The third kappa shape index (κ3) is 8.06. The maximum Gasteiger partial charge on any atom is 0.409 e. The van der Waals surface area contributed by atoms with Crippen molar-refractivity contribution in [2.24, 2.45) is 0 Å². The zero-order chi connectivity index (χ0) is 20.1. The summed E-state index contributed by atoms with van der Waals surface area (Å²) in [7, 11) is 1.53. The van der Waals surface area contributed by atoms with Gasteiger partial charge in [0.15, 0.2) is 11.5 Å². The van der Waals surface area contributed by atoms with E-state index >= 15 is 0 Å². The second-order valence-corrected chi connectivity index (χ2v) is 5.63. The number of ether oxygens (including phenoxy) is 4. The van der Waals surface area contributed by atoms with E-state index in [9.17, 15) is 9.59 Å². The Labute approximate surface area is 160 Å². The van der Waals surface area contributed by atoms with E-state index in [0.29, 0.717) is 23.7 Å². The van der Waals surface area contributed by atoms with Crippen molar-refractivity contribution in [2.75, 3.05) is 26.9 Å². The first-order valence-electron chi connectivity index (χ1n) is 9.22. The van der Waals surface area contributed by atoms with E-state index in [-0.39, 0.29) is 13.2 Å². The van der Waals surface area contributed by atoms with E-state index in [1.54, 1.807) is 32.0 Å². The molecule has 27 heavy (non-hydrogen) atoms. The molecule has 2 N–H and O–H groups in total. The molecule has 1 aromatic carbocycles. The van der Waals surface area contributed by atoms with Crippen LogP contribution in [-0.2, 0) is 9.47 Å². The fraction of sp³-hybridized carbons (Fsp3) is 0.579. The van der Waals surface area contributed by atoms with Gasteiger partial charge >= 0.3 is 12.2 Å². The molecule has 2 amide bonds. The highest BCUT2D eigenvalue weighted by Gasteiger charge is 2.20. The maximum absolute atomic E-state index is 11.8. The van der Waals surface area contributed by atoms with Crippen molar-refractivity contribution >= 4 is 12.2 Å². The number of alkyl carbamates (subject to hydrolysis) is 2. The van der Waals surface area contributed by atoms with Gasteiger partial charge in [0.25, 0.3) is 0 Å². The first-order valence-corrected chi connectivity index (χ1v) is 9.22. The van der Waals surface area contributed by atoms with Gasteiger partial charge in [0.05, 0.1) is 26.9 Å². The molecule has 0 saturated heterocycles. The lowest BCUT2D eigenvalue weighted by molar-refractivity contribution is 0.135. The summed E-state index contributed by atoms with van der Waals surface area (Å²) in [6.45, 7) is 6.54. The molecule has 0 aliphatic carbocycles. The predicted molar refractivity (Wildman–Crippen MR) is 101 cm³/mol. The Kier molecular flexibility index (Phi) is 10.5. The molecule has 0 saturated carbocycles. The molecule has 0 spiro atoms. The number of hydrogen-bond donors (Lipinski definition) is 2. The summed E-state index contributed by atoms with van der Waals surface area (Å²) >= 11 is 0. The molecule has 0 heterocycles. The van der Waals surface area contributed by atoms with Crippen LogP contribution in [0.2, 0.25) is 0 Å². The van der Waals surface area contributed by atoms with Crippen molar-refractivity contribution in [2.45, 2.75) is 46.2 Å². The third-order valence-electron chi connectivity index (χ3n) is 3.60. The minimum Gasteiger partial charge on any atom is -0.493 e. The number of rotatable bonds is 11. The van der Waals surface area contributed by atoms with Gasteiger partial charge in [0.2, 0.25) is 0 Å². The van der Waals surface area contributed by atoms with E-state index in [0.717, 1.165) is 19.3 Å². The second kappa shape index (κ2) is 12.7. The Morgan fingerprint density at radius 1 is 0.963 bits per heavy atom. The van der Waals surface area contributed by atoms with Crippen LogP contribution in [0.25, 0.3) is 0 Å². The van der Waals surface area contributed by atoms with Gasteiger partial charge in [-0.1, -0.05) is 25.8 Å². The van der Waals surface area contributed by atoms with E-state index < -0.39 is 18.4 Å². The molecule has 0 radical (unpaired) electrons. The van der Waals surface area contributed by atoms with Crippen LogP contribution in [0, 0.1) is 0 Å². The first-order chi connectivity index (χ1) is 13.0. The number of methoxy groups -OCH3 is 1. The van der Waals surface area contributed by atoms with E-state index in [2.05, 4.69) is 17.6 Å². The van der Waals surface area contributed by atoms with Crippen molar-refractivity contribution in [1.82, 2.24) is 10.6 Å². The molecular formula is C19H30N2O6. The second-order valence-electron chi connectivity index (χ2n) is 5.63. The van der Waals surface area contributed by atoms with Crippen LogP contribution in [0.3, 0.4) is 0 Å². The van der Waals surface area contributed by atoms with Crippen LogP contribution in [0.1, 0.15) is 51.8 Å². The van der Waals surface area contributed by atoms with Crippen molar-refractivity contribution in [1.29, 1.82) is 0 Å². The van der Waals surface area contributed by atoms with Gasteiger partial charge in [-0.25, -0.2) is 9.59 Å².